The predicted molar refractivity (Wildman–Crippen MR) is 70.0 cm³/mol. The van der Waals surface area contributed by atoms with Gasteiger partial charge in [-0.3, -0.25) is 0 Å². The fraction of sp³-hybridized carbons (Fsp3) is 0.769. The molecule has 0 fully saturated rings. The molecular weight excluding hydrogens is 214 g/mol. The van der Waals surface area contributed by atoms with Crippen molar-refractivity contribution in [2.45, 2.75) is 40.3 Å². The zero-order valence-electron chi connectivity index (χ0n) is 11.4. The van der Waals surface area contributed by atoms with Crippen molar-refractivity contribution in [2.24, 2.45) is 5.92 Å². The molecule has 0 aliphatic carbocycles. The van der Waals surface area contributed by atoms with Crippen LogP contribution in [0.5, 0.6) is 0 Å². The molecule has 0 aromatic carbocycles. The summed E-state index contributed by atoms with van der Waals surface area (Å²) in [6, 6.07) is 0.373. The number of nitrogens with zero attached hydrogens (tertiary/aromatic N) is 2. The second-order valence-electron chi connectivity index (χ2n) is 4.56. The summed E-state index contributed by atoms with van der Waals surface area (Å²) in [4.78, 5) is 4.41. The van der Waals surface area contributed by atoms with E-state index in [1.165, 1.54) is 0 Å². The standard InChI is InChI=1S/C13H25N3O/c1-5-14-7-12-8-16(10-15-12)13(11(3)4)9-17-6-2/h8,10-11,13-14H,5-7,9H2,1-4H3. The molecule has 1 rings (SSSR count). The Bertz CT molecular complexity index is 309. The molecule has 98 valence electrons. The first kappa shape index (κ1) is 14.2. The quantitative estimate of drug-likeness (QED) is 0.756. The van der Waals surface area contributed by atoms with Crippen molar-refractivity contribution in [1.29, 1.82) is 0 Å². The third-order valence-corrected chi connectivity index (χ3v) is 2.86. The summed E-state index contributed by atoms with van der Waals surface area (Å²) in [5.41, 5.74) is 1.09. The number of rotatable bonds is 8. The van der Waals surface area contributed by atoms with Crippen LogP contribution >= 0.6 is 0 Å². The Labute approximate surface area is 104 Å². The summed E-state index contributed by atoms with van der Waals surface area (Å²) in [6.45, 7) is 11.9. The van der Waals surface area contributed by atoms with E-state index >= 15 is 0 Å². The Kier molecular flexibility index (Phi) is 6.22. The van der Waals surface area contributed by atoms with E-state index in [-0.39, 0.29) is 0 Å². The van der Waals surface area contributed by atoms with Gasteiger partial charge in [0.2, 0.25) is 0 Å². The highest BCUT2D eigenvalue weighted by molar-refractivity contribution is 4.98. The Balaban J connectivity index is 2.63. The maximum Gasteiger partial charge on any atom is 0.0953 e. The second-order valence-corrected chi connectivity index (χ2v) is 4.56. The zero-order chi connectivity index (χ0) is 12.7. The van der Waals surface area contributed by atoms with Crippen LogP contribution in [0.2, 0.25) is 0 Å². The van der Waals surface area contributed by atoms with Crippen LogP contribution < -0.4 is 5.32 Å². The van der Waals surface area contributed by atoms with E-state index in [0.29, 0.717) is 12.0 Å². The van der Waals surface area contributed by atoms with Gasteiger partial charge < -0.3 is 14.6 Å². The molecule has 0 bridgehead atoms. The summed E-state index contributed by atoms with van der Waals surface area (Å²) >= 11 is 0. The minimum atomic E-state index is 0.373. The Morgan fingerprint density at radius 2 is 2.18 bits per heavy atom. The van der Waals surface area contributed by atoms with Gasteiger partial charge in [-0.05, 0) is 19.4 Å². The van der Waals surface area contributed by atoms with Crippen LogP contribution in [0.15, 0.2) is 12.5 Å². The van der Waals surface area contributed by atoms with E-state index in [9.17, 15) is 0 Å². The van der Waals surface area contributed by atoms with E-state index in [1.54, 1.807) is 0 Å². The molecule has 4 nitrogen and oxygen atoms in total. The maximum atomic E-state index is 5.54. The number of hydrogen-bond donors (Lipinski definition) is 1. The first-order valence-electron chi connectivity index (χ1n) is 6.49. The van der Waals surface area contributed by atoms with Crippen LogP contribution in [0.25, 0.3) is 0 Å². The lowest BCUT2D eigenvalue weighted by Gasteiger charge is -2.21. The highest BCUT2D eigenvalue weighted by atomic mass is 16.5. The summed E-state index contributed by atoms with van der Waals surface area (Å²) in [7, 11) is 0. The van der Waals surface area contributed by atoms with Crippen LogP contribution in [-0.4, -0.2) is 29.3 Å². The molecule has 4 heteroatoms. The van der Waals surface area contributed by atoms with Gasteiger partial charge in [0, 0.05) is 19.3 Å². The average molecular weight is 239 g/mol. The van der Waals surface area contributed by atoms with E-state index in [0.717, 1.165) is 32.0 Å². The second kappa shape index (κ2) is 7.45. The lowest BCUT2D eigenvalue weighted by molar-refractivity contribution is 0.0964. The van der Waals surface area contributed by atoms with Gasteiger partial charge >= 0.3 is 0 Å². The van der Waals surface area contributed by atoms with Gasteiger partial charge in [0.05, 0.1) is 24.7 Å². The molecule has 0 aliphatic heterocycles. The van der Waals surface area contributed by atoms with Gasteiger partial charge in [-0.1, -0.05) is 20.8 Å². The summed E-state index contributed by atoms with van der Waals surface area (Å²) in [5, 5.41) is 3.28. The van der Waals surface area contributed by atoms with Crippen LogP contribution in [0.1, 0.15) is 39.4 Å². The molecule has 0 radical (unpaired) electrons. The molecule has 0 saturated carbocycles. The molecule has 1 atom stereocenters. The number of hydrogen-bond acceptors (Lipinski definition) is 3. The van der Waals surface area contributed by atoms with Crippen LogP contribution in [0.4, 0.5) is 0 Å². The third kappa shape index (κ3) is 4.48. The topological polar surface area (TPSA) is 39.1 Å². The van der Waals surface area contributed by atoms with Crippen molar-refractivity contribution < 1.29 is 4.74 Å². The van der Waals surface area contributed by atoms with Gasteiger partial charge in [-0.25, -0.2) is 4.98 Å². The summed E-state index contributed by atoms with van der Waals surface area (Å²) in [5.74, 6) is 0.544. The van der Waals surface area contributed by atoms with Gasteiger partial charge in [-0.15, -0.1) is 0 Å². The molecule has 0 aliphatic rings. The molecule has 0 saturated heterocycles. The number of nitrogens with one attached hydrogen (secondary N) is 1. The fourth-order valence-electron chi connectivity index (χ4n) is 1.77. The van der Waals surface area contributed by atoms with Crippen LogP contribution in [-0.2, 0) is 11.3 Å². The summed E-state index contributed by atoms with van der Waals surface area (Å²) < 4.78 is 7.71. The third-order valence-electron chi connectivity index (χ3n) is 2.86. The van der Waals surface area contributed by atoms with Crippen molar-refractivity contribution in [3.63, 3.8) is 0 Å². The molecule has 1 aromatic heterocycles. The fourth-order valence-corrected chi connectivity index (χ4v) is 1.77. The molecule has 0 spiro atoms. The predicted octanol–water partition coefficient (Wildman–Crippen LogP) is 2.23. The van der Waals surface area contributed by atoms with Crippen LogP contribution in [0, 0.1) is 5.92 Å². The molecule has 1 aromatic rings. The van der Waals surface area contributed by atoms with E-state index in [2.05, 4.69) is 41.8 Å². The smallest absolute Gasteiger partial charge is 0.0953 e. The normalized spacial score (nSPS) is 13.2. The number of ether oxygens (including phenoxy) is 1. The first-order chi connectivity index (χ1) is 8.19. The van der Waals surface area contributed by atoms with Crippen molar-refractivity contribution in [1.82, 2.24) is 14.9 Å². The molecule has 17 heavy (non-hydrogen) atoms. The molecular formula is C13H25N3O. The average Bonchev–Trinajstić information content (AvgIpc) is 2.75. The molecule has 1 unspecified atom stereocenters. The SMILES string of the molecule is CCNCc1cn(C(COCC)C(C)C)cn1. The Hall–Kier alpha value is -0.870. The highest BCUT2D eigenvalue weighted by Crippen LogP contribution is 2.18. The number of imidazole rings is 1. The van der Waals surface area contributed by atoms with Crippen molar-refractivity contribution in [2.75, 3.05) is 19.8 Å². The van der Waals surface area contributed by atoms with E-state index in [1.807, 2.05) is 13.3 Å². The van der Waals surface area contributed by atoms with Crippen molar-refractivity contribution >= 4 is 0 Å². The highest BCUT2D eigenvalue weighted by Gasteiger charge is 2.15. The largest absolute Gasteiger partial charge is 0.380 e. The van der Waals surface area contributed by atoms with Gasteiger partial charge in [0.1, 0.15) is 0 Å². The first-order valence-corrected chi connectivity index (χ1v) is 6.49. The van der Waals surface area contributed by atoms with Crippen LogP contribution in [0.3, 0.4) is 0 Å². The Morgan fingerprint density at radius 1 is 1.41 bits per heavy atom. The molecule has 1 N–H and O–H groups in total. The minimum Gasteiger partial charge on any atom is -0.380 e. The van der Waals surface area contributed by atoms with Crippen molar-refractivity contribution in [3.05, 3.63) is 18.2 Å². The lowest BCUT2D eigenvalue weighted by Crippen LogP contribution is -2.20. The lowest BCUT2D eigenvalue weighted by atomic mass is 10.1. The Morgan fingerprint density at radius 3 is 2.76 bits per heavy atom. The number of aromatic nitrogens is 2. The molecule has 1 heterocycles. The van der Waals surface area contributed by atoms with Crippen molar-refractivity contribution in [3.8, 4) is 0 Å². The van der Waals surface area contributed by atoms with Gasteiger partial charge in [-0.2, -0.15) is 0 Å². The maximum absolute atomic E-state index is 5.54. The monoisotopic (exact) mass is 239 g/mol. The zero-order valence-corrected chi connectivity index (χ0v) is 11.4. The van der Waals surface area contributed by atoms with Gasteiger partial charge in [0.15, 0.2) is 0 Å². The van der Waals surface area contributed by atoms with Gasteiger partial charge in [0.25, 0.3) is 0 Å². The summed E-state index contributed by atoms with van der Waals surface area (Å²) in [6.07, 6.45) is 4.03. The molecule has 0 amide bonds. The minimum absolute atomic E-state index is 0.373. The van der Waals surface area contributed by atoms with E-state index in [4.69, 9.17) is 4.74 Å². The van der Waals surface area contributed by atoms with E-state index < -0.39 is 0 Å².